The van der Waals surface area contributed by atoms with E-state index in [0.717, 1.165) is 32.4 Å². The van der Waals surface area contributed by atoms with Crippen LogP contribution in [0.4, 0.5) is 0 Å². The zero-order valence-corrected chi connectivity index (χ0v) is 17.1. The van der Waals surface area contributed by atoms with Gasteiger partial charge in [-0.15, -0.1) is 0 Å². The van der Waals surface area contributed by atoms with Gasteiger partial charge in [0.15, 0.2) is 0 Å². The number of unbranched alkanes of at least 4 members (excludes halogenated alkanes) is 9. The van der Waals surface area contributed by atoms with E-state index in [9.17, 15) is 9.59 Å². The second kappa shape index (κ2) is 16.1. The first-order valence-corrected chi connectivity index (χ1v) is 11.2. The van der Waals surface area contributed by atoms with E-state index in [0.29, 0.717) is 18.9 Å². The molecule has 4 nitrogen and oxygen atoms in total. The van der Waals surface area contributed by atoms with Crippen molar-refractivity contribution in [2.75, 3.05) is 19.7 Å². The Bertz CT molecular complexity index is 362. The van der Waals surface area contributed by atoms with Crippen LogP contribution in [0.15, 0.2) is 0 Å². The van der Waals surface area contributed by atoms with Crippen LogP contribution >= 0.6 is 0 Å². The van der Waals surface area contributed by atoms with Gasteiger partial charge < -0.3 is 9.64 Å². The van der Waals surface area contributed by atoms with Gasteiger partial charge in [-0.05, 0) is 25.7 Å². The van der Waals surface area contributed by atoms with Crippen molar-refractivity contribution in [2.24, 2.45) is 0 Å². The van der Waals surface area contributed by atoms with Crippen LogP contribution in [0, 0.1) is 0 Å². The normalized spacial score (nSPS) is 17.5. The Morgan fingerprint density at radius 2 is 1.42 bits per heavy atom. The lowest BCUT2D eigenvalue weighted by Crippen LogP contribution is -2.31. The van der Waals surface area contributed by atoms with E-state index in [-0.39, 0.29) is 5.97 Å². The maximum atomic E-state index is 11.8. The molecule has 2 aliphatic rings. The van der Waals surface area contributed by atoms with Crippen molar-refractivity contribution in [2.45, 2.75) is 110 Å². The fourth-order valence-corrected chi connectivity index (χ4v) is 3.54. The van der Waals surface area contributed by atoms with Crippen LogP contribution in [-0.2, 0) is 14.3 Å². The molecule has 0 radical (unpaired) electrons. The molecule has 2 saturated heterocycles. The summed E-state index contributed by atoms with van der Waals surface area (Å²) in [6, 6.07) is 0. The van der Waals surface area contributed by atoms with Gasteiger partial charge in [0, 0.05) is 25.9 Å². The first-order valence-electron chi connectivity index (χ1n) is 11.2. The average molecular weight is 368 g/mol. The van der Waals surface area contributed by atoms with Crippen LogP contribution in [0.3, 0.4) is 0 Å². The molecule has 2 rings (SSSR count). The summed E-state index contributed by atoms with van der Waals surface area (Å²) in [7, 11) is 0. The van der Waals surface area contributed by atoms with Gasteiger partial charge in [-0.2, -0.15) is 0 Å². The van der Waals surface area contributed by atoms with Crippen molar-refractivity contribution in [1.29, 1.82) is 0 Å². The van der Waals surface area contributed by atoms with Crippen LogP contribution in [-0.4, -0.2) is 36.5 Å². The number of cyclic esters (lactones) is 1. The Balaban J connectivity index is 0.000000472. The number of hydrogen-bond donors (Lipinski definition) is 0. The van der Waals surface area contributed by atoms with E-state index in [4.69, 9.17) is 0 Å². The van der Waals surface area contributed by atoms with Crippen LogP contribution in [0.1, 0.15) is 110 Å². The van der Waals surface area contributed by atoms with E-state index in [1.54, 1.807) is 0 Å². The van der Waals surface area contributed by atoms with Crippen molar-refractivity contribution in [3.8, 4) is 0 Å². The van der Waals surface area contributed by atoms with Crippen molar-refractivity contribution in [3.63, 3.8) is 0 Å². The monoisotopic (exact) mass is 367 g/mol. The minimum atomic E-state index is -0.0463. The lowest BCUT2D eigenvalue weighted by atomic mass is 10.1. The number of rotatable bonds is 11. The SMILES string of the molecule is CCCCCCCCCCCCN1CCCCCC1=O.O=C1CCCO1. The van der Waals surface area contributed by atoms with Crippen molar-refractivity contribution >= 4 is 11.9 Å². The minimum Gasteiger partial charge on any atom is -0.466 e. The Hall–Kier alpha value is -1.06. The highest BCUT2D eigenvalue weighted by molar-refractivity contribution is 5.76. The molecule has 4 heteroatoms. The molecule has 0 bridgehead atoms. The molecule has 0 aliphatic carbocycles. The highest BCUT2D eigenvalue weighted by Crippen LogP contribution is 2.14. The summed E-state index contributed by atoms with van der Waals surface area (Å²) in [5, 5.41) is 0. The summed E-state index contributed by atoms with van der Waals surface area (Å²) in [6.07, 6.45) is 19.6. The van der Waals surface area contributed by atoms with Gasteiger partial charge in [0.05, 0.1) is 6.61 Å². The molecule has 26 heavy (non-hydrogen) atoms. The highest BCUT2D eigenvalue weighted by Gasteiger charge is 2.15. The van der Waals surface area contributed by atoms with E-state index < -0.39 is 0 Å². The smallest absolute Gasteiger partial charge is 0.305 e. The summed E-state index contributed by atoms with van der Waals surface area (Å²) in [5.41, 5.74) is 0. The molecule has 0 spiro atoms. The largest absolute Gasteiger partial charge is 0.466 e. The molecule has 2 fully saturated rings. The summed E-state index contributed by atoms with van der Waals surface area (Å²) >= 11 is 0. The number of amides is 1. The van der Waals surface area contributed by atoms with Gasteiger partial charge in [0.25, 0.3) is 0 Å². The molecule has 0 N–H and O–H groups in total. The fraction of sp³-hybridized carbons (Fsp3) is 0.909. The molecular weight excluding hydrogens is 326 g/mol. The van der Waals surface area contributed by atoms with Gasteiger partial charge >= 0.3 is 5.97 Å². The van der Waals surface area contributed by atoms with Crippen LogP contribution in [0.25, 0.3) is 0 Å². The van der Waals surface area contributed by atoms with Crippen LogP contribution in [0.5, 0.6) is 0 Å². The van der Waals surface area contributed by atoms with E-state index in [1.165, 1.54) is 77.0 Å². The third kappa shape index (κ3) is 12.3. The minimum absolute atomic E-state index is 0.0463. The number of carbonyl (C=O) groups is 2. The maximum absolute atomic E-state index is 11.8. The number of hydrogen-bond acceptors (Lipinski definition) is 3. The van der Waals surface area contributed by atoms with E-state index in [2.05, 4.69) is 16.6 Å². The van der Waals surface area contributed by atoms with Gasteiger partial charge in [-0.1, -0.05) is 71.1 Å². The molecule has 2 aliphatic heterocycles. The van der Waals surface area contributed by atoms with Crippen LogP contribution < -0.4 is 0 Å². The van der Waals surface area contributed by atoms with Crippen LogP contribution in [0.2, 0.25) is 0 Å². The topological polar surface area (TPSA) is 46.6 Å². The zero-order chi connectivity index (χ0) is 18.9. The predicted octanol–water partition coefficient (Wildman–Crippen LogP) is 5.63. The Morgan fingerprint density at radius 3 is 1.96 bits per heavy atom. The number of likely N-dealkylation sites (tertiary alicyclic amines) is 1. The molecule has 0 aromatic carbocycles. The lowest BCUT2D eigenvalue weighted by Gasteiger charge is -2.20. The number of ether oxygens (including phenoxy) is 1. The first kappa shape index (κ1) is 23.0. The highest BCUT2D eigenvalue weighted by atomic mass is 16.5. The van der Waals surface area contributed by atoms with Gasteiger partial charge in [0.2, 0.25) is 5.91 Å². The molecule has 0 aromatic heterocycles. The maximum Gasteiger partial charge on any atom is 0.305 e. The Kier molecular flexibility index (Phi) is 14.3. The van der Waals surface area contributed by atoms with E-state index in [1.807, 2.05) is 0 Å². The summed E-state index contributed by atoms with van der Waals surface area (Å²) in [5.74, 6) is 0.355. The second-order valence-corrected chi connectivity index (χ2v) is 7.70. The molecule has 1 amide bonds. The third-order valence-electron chi connectivity index (χ3n) is 5.24. The second-order valence-electron chi connectivity index (χ2n) is 7.70. The van der Waals surface area contributed by atoms with Crippen molar-refractivity contribution < 1.29 is 14.3 Å². The Morgan fingerprint density at radius 1 is 0.769 bits per heavy atom. The average Bonchev–Trinajstić information content (AvgIpc) is 3.03. The van der Waals surface area contributed by atoms with Crippen molar-refractivity contribution in [1.82, 2.24) is 4.90 Å². The molecule has 0 atom stereocenters. The van der Waals surface area contributed by atoms with E-state index >= 15 is 0 Å². The molecule has 152 valence electrons. The predicted molar refractivity (Wildman–Crippen MR) is 107 cm³/mol. The summed E-state index contributed by atoms with van der Waals surface area (Å²) in [6.45, 7) is 4.93. The molecular formula is C22H41NO3. The van der Waals surface area contributed by atoms with Crippen molar-refractivity contribution in [3.05, 3.63) is 0 Å². The summed E-state index contributed by atoms with van der Waals surface area (Å²) in [4.78, 5) is 24.0. The zero-order valence-electron chi connectivity index (χ0n) is 17.1. The van der Waals surface area contributed by atoms with Gasteiger partial charge in [0.1, 0.15) is 0 Å². The molecule has 2 heterocycles. The standard InChI is InChI=1S/C18H35NO.C4H6O2/c1-2-3-4-5-6-7-8-9-10-13-16-19-17-14-11-12-15-18(19)20;5-4-2-1-3-6-4/h2-17H2,1H3;1-3H2. The molecule has 0 saturated carbocycles. The lowest BCUT2D eigenvalue weighted by molar-refractivity contribution is -0.138. The molecule has 0 unspecified atom stereocenters. The first-order chi connectivity index (χ1) is 12.7. The van der Waals surface area contributed by atoms with Gasteiger partial charge in [-0.25, -0.2) is 0 Å². The van der Waals surface area contributed by atoms with Gasteiger partial charge in [-0.3, -0.25) is 9.59 Å². The Labute approximate surface area is 161 Å². The fourth-order valence-electron chi connectivity index (χ4n) is 3.54. The number of esters is 1. The number of nitrogens with zero attached hydrogens (tertiary/aromatic N) is 1. The third-order valence-corrected chi connectivity index (χ3v) is 5.24. The number of carbonyl (C=O) groups excluding carboxylic acids is 2. The molecule has 0 aromatic rings. The summed E-state index contributed by atoms with van der Waals surface area (Å²) < 4.78 is 4.51. The quantitative estimate of drug-likeness (QED) is 0.351.